The van der Waals surface area contributed by atoms with Gasteiger partial charge in [0, 0.05) is 24.7 Å². The van der Waals surface area contributed by atoms with Crippen molar-refractivity contribution < 1.29 is 4.74 Å². The maximum atomic E-state index is 6.01. The second-order valence-corrected chi connectivity index (χ2v) is 6.11. The van der Waals surface area contributed by atoms with E-state index in [0.717, 1.165) is 29.3 Å². The molecule has 2 aromatic rings. The highest BCUT2D eigenvalue weighted by molar-refractivity contribution is 7.98. The molecule has 0 aliphatic heterocycles. The third-order valence-electron chi connectivity index (χ3n) is 2.30. The molecule has 0 amide bonds. The molecule has 0 unspecified atom stereocenters. The molecule has 18 heavy (non-hydrogen) atoms. The predicted octanol–water partition coefficient (Wildman–Crippen LogP) is 3.33. The molecule has 0 fully saturated rings. The van der Waals surface area contributed by atoms with Crippen molar-refractivity contribution in [2.45, 2.75) is 18.7 Å². The molecule has 0 aliphatic carbocycles. The highest BCUT2D eigenvalue weighted by Crippen LogP contribution is 2.31. The molecule has 98 valence electrons. The zero-order chi connectivity index (χ0) is 12.8. The zero-order valence-corrected chi connectivity index (χ0v) is 12.4. The number of halogens is 1. The van der Waals surface area contributed by atoms with E-state index < -0.39 is 0 Å². The van der Waals surface area contributed by atoms with Crippen LogP contribution in [0.1, 0.15) is 11.3 Å². The lowest BCUT2D eigenvalue weighted by molar-refractivity contribution is 0.412. The Hall–Kier alpha value is -0.720. The van der Waals surface area contributed by atoms with Gasteiger partial charge in [0.15, 0.2) is 0 Å². The van der Waals surface area contributed by atoms with Gasteiger partial charge in [-0.05, 0) is 12.2 Å². The number of aromatic nitrogens is 3. The highest BCUT2D eigenvalue weighted by atomic mass is 35.5. The van der Waals surface area contributed by atoms with E-state index in [4.69, 9.17) is 16.3 Å². The van der Waals surface area contributed by atoms with Crippen LogP contribution in [0.3, 0.4) is 0 Å². The number of ether oxygens (including phenoxy) is 1. The lowest BCUT2D eigenvalue weighted by atomic mass is 10.5. The summed E-state index contributed by atoms with van der Waals surface area (Å²) in [5, 5.41) is 1.20. The van der Waals surface area contributed by atoms with Gasteiger partial charge in [-0.3, -0.25) is 0 Å². The van der Waals surface area contributed by atoms with Gasteiger partial charge in [0.05, 0.1) is 18.3 Å². The van der Waals surface area contributed by atoms with E-state index in [1.165, 1.54) is 11.3 Å². The number of thioether (sulfide) groups is 1. The Labute approximate surface area is 119 Å². The van der Waals surface area contributed by atoms with Crippen molar-refractivity contribution >= 4 is 34.7 Å². The van der Waals surface area contributed by atoms with Crippen LogP contribution < -0.4 is 4.74 Å². The average molecular weight is 304 g/mol. The van der Waals surface area contributed by atoms with Gasteiger partial charge in [0.1, 0.15) is 5.15 Å². The summed E-state index contributed by atoms with van der Waals surface area (Å²) in [6, 6.07) is 0. The minimum Gasteiger partial charge on any atom is -0.473 e. The molecule has 0 radical (unpaired) electrons. The lowest BCUT2D eigenvalue weighted by Crippen LogP contribution is -1.95. The van der Waals surface area contributed by atoms with Crippen molar-refractivity contribution in [1.29, 1.82) is 0 Å². The molecular formula is C11H14ClN3OS2. The van der Waals surface area contributed by atoms with Gasteiger partial charge in [0.25, 0.3) is 5.19 Å². The molecule has 0 bridgehead atoms. The van der Waals surface area contributed by atoms with Crippen molar-refractivity contribution in [3.05, 3.63) is 28.8 Å². The van der Waals surface area contributed by atoms with E-state index in [-0.39, 0.29) is 0 Å². The summed E-state index contributed by atoms with van der Waals surface area (Å²) in [7, 11) is 1.61. The third-order valence-corrected chi connectivity index (χ3v) is 5.00. The van der Waals surface area contributed by atoms with Gasteiger partial charge >= 0.3 is 0 Å². The molecule has 2 heterocycles. The second-order valence-electron chi connectivity index (χ2n) is 3.60. The third kappa shape index (κ3) is 3.90. The van der Waals surface area contributed by atoms with Gasteiger partial charge in [-0.1, -0.05) is 22.9 Å². The number of thiazole rings is 1. The van der Waals surface area contributed by atoms with Crippen LogP contribution in [0.4, 0.5) is 0 Å². The van der Waals surface area contributed by atoms with Crippen LogP contribution in [0.2, 0.25) is 5.15 Å². The summed E-state index contributed by atoms with van der Waals surface area (Å²) in [6.07, 6.45) is 6.75. The molecule has 0 saturated heterocycles. The Kier molecular flexibility index (Phi) is 5.34. The SMILES string of the molecule is COc1nc(Cl)c(CSCCCn2ccnc2)s1. The van der Waals surface area contributed by atoms with Crippen molar-refractivity contribution in [3.8, 4) is 5.19 Å². The van der Waals surface area contributed by atoms with E-state index >= 15 is 0 Å². The summed E-state index contributed by atoms with van der Waals surface area (Å²) in [5.41, 5.74) is 0. The number of imidazole rings is 1. The van der Waals surface area contributed by atoms with E-state index in [2.05, 4.69) is 14.5 Å². The number of hydrogen-bond donors (Lipinski definition) is 0. The standard InChI is InChI=1S/C11H14ClN3OS2/c1-16-11-14-10(12)9(18-11)7-17-6-2-4-15-5-3-13-8-15/h3,5,8H,2,4,6-7H2,1H3. The Morgan fingerprint density at radius 1 is 1.56 bits per heavy atom. The van der Waals surface area contributed by atoms with Crippen LogP contribution in [-0.2, 0) is 12.3 Å². The van der Waals surface area contributed by atoms with E-state index in [1.807, 2.05) is 24.3 Å². The van der Waals surface area contributed by atoms with E-state index in [0.29, 0.717) is 10.3 Å². The molecule has 0 saturated carbocycles. The maximum absolute atomic E-state index is 6.01. The van der Waals surface area contributed by atoms with Crippen LogP contribution in [0, 0.1) is 0 Å². The summed E-state index contributed by atoms with van der Waals surface area (Å²) >= 11 is 9.39. The van der Waals surface area contributed by atoms with Gasteiger partial charge < -0.3 is 9.30 Å². The van der Waals surface area contributed by atoms with Crippen molar-refractivity contribution in [1.82, 2.24) is 14.5 Å². The second kappa shape index (κ2) is 7.01. The predicted molar refractivity (Wildman–Crippen MR) is 76.7 cm³/mol. The normalized spacial score (nSPS) is 10.8. The molecule has 0 spiro atoms. The first-order valence-corrected chi connectivity index (χ1v) is 7.87. The smallest absolute Gasteiger partial charge is 0.274 e. The zero-order valence-electron chi connectivity index (χ0n) is 10.0. The van der Waals surface area contributed by atoms with E-state index in [1.54, 1.807) is 13.3 Å². The first kappa shape index (κ1) is 13.7. The summed E-state index contributed by atoms with van der Waals surface area (Å²) in [5.74, 6) is 1.98. The monoisotopic (exact) mass is 303 g/mol. The van der Waals surface area contributed by atoms with Crippen LogP contribution in [-0.4, -0.2) is 27.4 Å². The summed E-state index contributed by atoms with van der Waals surface area (Å²) < 4.78 is 7.14. The Morgan fingerprint density at radius 2 is 2.44 bits per heavy atom. The first-order valence-electron chi connectivity index (χ1n) is 5.52. The maximum Gasteiger partial charge on any atom is 0.274 e. The minimum atomic E-state index is 0.568. The first-order chi connectivity index (χ1) is 8.79. The van der Waals surface area contributed by atoms with Crippen LogP contribution in [0.5, 0.6) is 5.19 Å². The van der Waals surface area contributed by atoms with Crippen LogP contribution in [0.15, 0.2) is 18.7 Å². The Morgan fingerprint density at radius 3 is 3.11 bits per heavy atom. The molecule has 2 aromatic heterocycles. The van der Waals surface area contributed by atoms with Crippen molar-refractivity contribution in [3.63, 3.8) is 0 Å². The summed E-state index contributed by atoms with van der Waals surface area (Å²) in [4.78, 5) is 9.20. The number of hydrogen-bond acceptors (Lipinski definition) is 5. The largest absolute Gasteiger partial charge is 0.473 e. The molecule has 7 heteroatoms. The molecule has 4 nitrogen and oxygen atoms in total. The van der Waals surface area contributed by atoms with Gasteiger partial charge in [-0.25, -0.2) is 4.98 Å². The summed E-state index contributed by atoms with van der Waals surface area (Å²) in [6.45, 7) is 1.01. The quantitative estimate of drug-likeness (QED) is 0.736. The molecule has 0 N–H and O–H groups in total. The van der Waals surface area contributed by atoms with Crippen molar-refractivity contribution in [2.75, 3.05) is 12.9 Å². The topological polar surface area (TPSA) is 39.9 Å². The number of rotatable bonds is 7. The molecule has 2 rings (SSSR count). The fourth-order valence-electron chi connectivity index (χ4n) is 1.42. The average Bonchev–Trinajstić information content (AvgIpc) is 2.99. The number of nitrogens with zero attached hydrogens (tertiary/aromatic N) is 3. The fourth-order valence-corrected chi connectivity index (χ4v) is 3.66. The van der Waals surface area contributed by atoms with Gasteiger partial charge in [-0.2, -0.15) is 16.7 Å². The van der Waals surface area contributed by atoms with Crippen LogP contribution in [0.25, 0.3) is 0 Å². The Bertz CT molecular complexity index is 473. The molecule has 0 aliphatic rings. The highest BCUT2D eigenvalue weighted by Gasteiger charge is 2.09. The Balaban J connectivity index is 1.67. The number of aryl methyl sites for hydroxylation is 1. The fraction of sp³-hybridized carbons (Fsp3) is 0.455. The van der Waals surface area contributed by atoms with Crippen molar-refractivity contribution in [2.24, 2.45) is 0 Å². The lowest BCUT2D eigenvalue weighted by Gasteiger charge is -2.01. The molecule has 0 aromatic carbocycles. The minimum absolute atomic E-state index is 0.568. The van der Waals surface area contributed by atoms with Gasteiger partial charge in [0.2, 0.25) is 0 Å². The van der Waals surface area contributed by atoms with Crippen LogP contribution >= 0.6 is 34.7 Å². The molecule has 0 atom stereocenters. The number of methoxy groups -OCH3 is 1. The van der Waals surface area contributed by atoms with E-state index in [9.17, 15) is 0 Å². The van der Waals surface area contributed by atoms with Gasteiger partial charge in [-0.15, -0.1) is 0 Å². The molecular weight excluding hydrogens is 290 g/mol.